The minimum Gasteiger partial charge on any atom is -0.481 e. The molecule has 0 unspecified atom stereocenters. The van der Waals surface area contributed by atoms with E-state index >= 15 is 0 Å². The van der Waals surface area contributed by atoms with E-state index in [1.54, 1.807) is 0 Å². The molecule has 0 aromatic heterocycles. The number of fused-ring (bicyclic) bond motifs is 3. The second kappa shape index (κ2) is 11.4. The minimum absolute atomic E-state index is 0.0496. The van der Waals surface area contributed by atoms with Gasteiger partial charge >= 0.3 is 12.1 Å². The molecule has 0 radical (unpaired) electrons. The smallest absolute Gasteiger partial charge is 0.407 e. The summed E-state index contributed by atoms with van der Waals surface area (Å²) in [5, 5.41) is 15.0. The summed E-state index contributed by atoms with van der Waals surface area (Å²) in [6.45, 7) is 2.52. The van der Waals surface area contributed by atoms with E-state index in [9.17, 15) is 19.5 Å². The van der Waals surface area contributed by atoms with Gasteiger partial charge in [-0.2, -0.15) is 0 Å². The molecule has 2 aliphatic rings. The van der Waals surface area contributed by atoms with Gasteiger partial charge in [0, 0.05) is 12.5 Å². The maximum Gasteiger partial charge on any atom is 0.407 e. The number of hydrogen-bond acceptors (Lipinski definition) is 4. The van der Waals surface area contributed by atoms with Gasteiger partial charge in [0.1, 0.15) is 12.6 Å². The van der Waals surface area contributed by atoms with E-state index in [0.29, 0.717) is 19.4 Å². The van der Waals surface area contributed by atoms with Gasteiger partial charge in [-0.15, -0.1) is 0 Å². The molecule has 35 heavy (non-hydrogen) atoms. The summed E-state index contributed by atoms with van der Waals surface area (Å²) in [5.74, 6) is -1.63. The topological polar surface area (TPSA) is 105 Å². The van der Waals surface area contributed by atoms with Crippen LogP contribution in [0.4, 0.5) is 4.79 Å². The number of aliphatic carboxylic acids is 1. The van der Waals surface area contributed by atoms with Crippen LogP contribution in [0, 0.1) is 11.8 Å². The highest BCUT2D eigenvalue weighted by atomic mass is 16.5. The number of carboxylic acids is 1. The van der Waals surface area contributed by atoms with Gasteiger partial charge in [0.15, 0.2) is 0 Å². The van der Waals surface area contributed by atoms with E-state index in [2.05, 4.69) is 34.9 Å². The van der Waals surface area contributed by atoms with Crippen LogP contribution in [0.1, 0.15) is 62.5 Å². The van der Waals surface area contributed by atoms with Crippen LogP contribution in [0.5, 0.6) is 0 Å². The van der Waals surface area contributed by atoms with Gasteiger partial charge in [0.25, 0.3) is 0 Å². The van der Waals surface area contributed by atoms with Gasteiger partial charge < -0.3 is 20.5 Å². The fraction of sp³-hybridized carbons (Fsp3) is 0.464. The molecule has 0 bridgehead atoms. The Balaban J connectivity index is 1.35. The number of benzene rings is 2. The van der Waals surface area contributed by atoms with Gasteiger partial charge in [-0.3, -0.25) is 9.59 Å². The molecule has 2 aromatic rings. The van der Waals surface area contributed by atoms with Crippen LogP contribution in [0.2, 0.25) is 0 Å². The molecule has 1 fully saturated rings. The fourth-order valence-electron chi connectivity index (χ4n) is 5.42. The monoisotopic (exact) mass is 478 g/mol. The van der Waals surface area contributed by atoms with E-state index in [0.717, 1.165) is 47.9 Å². The lowest BCUT2D eigenvalue weighted by Gasteiger charge is -2.21. The average Bonchev–Trinajstić information content (AvgIpc) is 3.47. The van der Waals surface area contributed by atoms with Crippen molar-refractivity contribution in [2.24, 2.45) is 11.8 Å². The van der Waals surface area contributed by atoms with Gasteiger partial charge in [0.05, 0.1) is 5.92 Å². The summed E-state index contributed by atoms with van der Waals surface area (Å²) in [6, 6.07) is 15.6. The molecule has 2 aliphatic carbocycles. The number of hydrogen-bond donors (Lipinski definition) is 3. The van der Waals surface area contributed by atoms with Crippen molar-refractivity contribution >= 4 is 18.0 Å². The Morgan fingerprint density at radius 2 is 1.69 bits per heavy atom. The number of carbonyl (C=O) groups excluding carboxylic acids is 2. The number of carboxylic acid groups (broad SMARTS) is 1. The molecule has 7 nitrogen and oxygen atoms in total. The molecule has 0 saturated heterocycles. The predicted molar refractivity (Wildman–Crippen MR) is 133 cm³/mol. The summed E-state index contributed by atoms with van der Waals surface area (Å²) in [6.07, 6.45) is 3.84. The summed E-state index contributed by atoms with van der Waals surface area (Å²) < 4.78 is 5.62. The molecule has 3 N–H and O–H groups in total. The molecule has 1 saturated carbocycles. The van der Waals surface area contributed by atoms with E-state index in [-0.39, 0.29) is 24.3 Å². The van der Waals surface area contributed by atoms with Gasteiger partial charge in [0.2, 0.25) is 5.91 Å². The summed E-state index contributed by atoms with van der Waals surface area (Å²) >= 11 is 0. The number of nitrogens with one attached hydrogen (secondary N) is 2. The largest absolute Gasteiger partial charge is 0.481 e. The zero-order valence-corrected chi connectivity index (χ0v) is 20.2. The van der Waals surface area contributed by atoms with Crippen molar-refractivity contribution in [3.63, 3.8) is 0 Å². The van der Waals surface area contributed by atoms with Gasteiger partial charge in [-0.1, -0.05) is 74.7 Å². The highest BCUT2D eigenvalue weighted by Gasteiger charge is 2.34. The van der Waals surface area contributed by atoms with Crippen molar-refractivity contribution < 1.29 is 24.2 Å². The Hall–Kier alpha value is -3.35. The Morgan fingerprint density at radius 3 is 2.31 bits per heavy atom. The minimum atomic E-state index is -0.805. The van der Waals surface area contributed by atoms with Crippen molar-refractivity contribution in [3.8, 4) is 11.1 Å². The lowest BCUT2D eigenvalue weighted by atomic mass is 9.96. The zero-order chi connectivity index (χ0) is 24.8. The number of ether oxygens (including phenoxy) is 1. The highest BCUT2D eigenvalue weighted by molar-refractivity contribution is 5.86. The first kappa shape index (κ1) is 24.8. The van der Waals surface area contributed by atoms with Crippen LogP contribution in [0.15, 0.2) is 48.5 Å². The maximum atomic E-state index is 12.9. The van der Waals surface area contributed by atoms with Gasteiger partial charge in [-0.05, 0) is 47.4 Å². The van der Waals surface area contributed by atoms with E-state index in [1.807, 2.05) is 31.2 Å². The first-order valence-corrected chi connectivity index (χ1v) is 12.6. The molecule has 4 rings (SSSR count). The number of alkyl carbamates (subject to hydrolysis) is 1. The molecular weight excluding hydrogens is 444 g/mol. The van der Waals surface area contributed by atoms with E-state index in [1.165, 1.54) is 0 Å². The molecule has 3 atom stereocenters. The van der Waals surface area contributed by atoms with Crippen LogP contribution >= 0.6 is 0 Å². The second-order valence-corrected chi connectivity index (χ2v) is 9.55. The maximum absolute atomic E-state index is 12.9. The molecule has 2 amide bonds. The first-order chi connectivity index (χ1) is 17.0. The molecule has 186 valence electrons. The lowest BCUT2D eigenvalue weighted by molar-refractivity contribution is -0.143. The molecule has 0 spiro atoms. The number of unbranched alkanes of at least 4 members (excludes halogenated alkanes) is 1. The second-order valence-electron chi connectivity index (χ2n) is 9.55. The van der Waals surface area contributed by atoms with E-state index in [4.69, 9.17) is 4.74 Å². The van der Waals surface area contributed by atoms with Crippen LogP contribution < -0.4 is 10.6 Å². The predicted octanol–water partition coefficient (Wildman–Crippen LogP) is 4.70. The summed E-state index contributed by atoms with van der Waals surface area (Å²) in [5.41, 5.74) is 4.57. The zero-order valence-electron chi connectivity index (χ0n) is 20.2. The van der Waals surface area contributed by atoms with Crippen molar-refractivity contribution in [1.29, 1.82) is 0 Å². The SMILES string of the molecule is CCCC[C@H](NC(=O)OCC1c2ccccc2-c2ccccc21)C(=O)NC[C@H]1CCC[C@H]1C(=O)O. The standard InChI is InChI=1S/C28H34N2O5/c1-2-3-15-25(26(31)29-16-18-9-8-14-19(18)27(32)33)30-28(34)35-17-24-22-12-6-4-10-20(22)21-11-5-7-13-23(21)24/h4-7,10-13,18-19,24-25H,2-3,8-9,14-17H2,1H3,(H,29,31)(H,30,34)(H,32,33)/t18-,19-,25+/m1/s1. The Labute approximate surface area is 206 Å². The van der Waals surface area contributed by atoms with Crippen LogP contribution in [0.3, 0.4) is 0 Å². The molecule has 0 aliphatic heterocycles. The average molecular weight is 479 g/mol. The molecule has 7 heteroatoms. The van der Waals surface area contributed by atoms with Crippen LogP contribution in [-0.2, 0) is 14.3 Å². The third kappa shape index (κ3) is 5.66. The van der Waals surface area contributed by atoms with E-state index < -0.39 is 24.0 Å². The quantitative estimate of drug-likeness (QED) is 0.459. The highest BCUT2D eigenvalue weighted by Crippen LogP contribution is 2.44. The number of amides is 2. The fourth-order valence-corrected chi connectivity index (χ4v) is 5.42. The molecule has 2 aromatic carbocycles. The Kier molecular flexibility index (Phi) is 8.06. The lowest BCUT2D eigenvalue weighted by Crippen LogP contribution is -2.48. The third-order valence-corrected chi connectivity index (χ3v) is 7.31. The van der Waals surface area contributed by atoms with Gasteiger partial charge in [-0.25, -0.2) is 4.79 Å². The Morgan fingerprint density at radius 1 is 1.03 bits per heavy atom. The van der Waals surface area contributed by atoms with Crippen LogP contribution in [0.25, 0.3) is 11.1 Å². The van der Waals surface area contributed by atoms with Crippen molar-refractivity contribution in [3.05, 3.63) is 59.7 Å². The summed E-state index contributed by atoms with van der Waals surface area (Å²) in [4.78, 5) is 37.0. The summed E-state index contributed by atoms with van der Waals surface area (Å²) in [7, 11) is 0. The number of rotatable bonds is 10. The Bertz CT molecular complexity index is 1020. The number of carbonyl (C=O) groups is 3. The van der Waals surface area contributed by atoms with Crippen LogP contribution in [-0.4, -0.2) is 42.3 Å². The molecule has 0 heterocycles. The molecular formula is C28H34N2O5. The first-order valence-electron chi connectivity index (χ1n) is 12.6. The third-order valence-electron chi connectivity index (χ3n) is 7.31. The van der Waals surface area contributed by atoms with Crippen molar-refractivity contribution in [2.75, 3.05) is 13.2 Å². The normalized spacial score (nSPS) is 19.5. The van der Waals surface area contributed by atoms with Crippen molar-refractivity contribution in [1.82, 2.24) is 10.6 Å². The van der Waals surface area contributed by atoms with Crippen molar-refractivity contribution in [2.45, 2.75) is 57.4 Å².